The van der Waals surface area contributed by atoms with Gasteiger partial charge in [0.25, 0.3) is 0 Å². The van der Waals surface area contributed by atoms with Gasteiger partial charge in [0.15, 0.2) is 0 Å². The van der Waals surface area contributed by atoms with E-state index in [1.807, 2.05) is 47.0 Å². The molecule has 4 heteroatoms. The van der Waals surface area contributed by atoms with Crippen LogP contribution in [0.25, 0.3) is 22.6 Å². The van der Waals surface area contributed by atoms with Gasteiger partial charge in [-0.05, 0) is 19.1 Å². The van der Waals surface area contributed by atoms with E-state index in [1.54, 1.807) is 12.4 Å². The van der Waals surface area contributed by atoms with Crippen molar-refractivity contribution in [3.63, 3.8) is 0 Å². The van der Waals surface area contributed by atoms with E-state index in [9.17, 15) is 0 Å². The van der Waals surface area contributed by atoms with E-state index in [-0.39, 0.29) is 0 Å². The summed E-state index contributed by atoms with van der Waals surface area (Å²) in [5, 5.41) is 0. The zero-order valence-electron chi connectivity index (χ0n) is 11.3. The van der Waals surface area contributed by atoms with Crippen molar-refractivity contribution < 1.29 is 0 Å². The van der Waals surface area contributed by atoms with Crippen LogP contribution in [0.4, 0.5) is 5.82 Å². The van der Waals surface area contributed by atoms with Gasteiger partial charge in [0.2, 0.25) is 0 Å². The summed E-state index contributed by atoms with van der Waals surface area (Å²) in [6.07, 6.45) is 3.53. The molecule has 3 rings (SSSR count). The number of imidazole rings is 1. The third-order valence-corrected chi connectivity index (χ3v) is 3.29. The predicted molar refractivity (Wildman–Crippen MR) is 81.0 cm³/mol. The highest BCUT2D eigenvalue weighted by molar-refractivity contribution is 5.75. The monoisotopic (exact) mass is 264 g/mol. The van der Waals surface area contributed by atoms with Crippen LogP contribution in [0.1, 0.15) is 6.92 Å². The first kappa shape index (κ1) is 12.4. The van der Waals surface area contributed by atoms with Crippen molar-refractivity contribution in [3.8, 4) is 22.6 Å². The van der Waals surface area contributed by atoms with E-state index in [0.717, 1.165) is 29.2 Å². The molecule has 3 aromatic rings. The van der Waals surface area contributed by atoms with Gasteiger partial charge in [-0.3, -0.25) is 4.98 Å². The number of nitrogens with two attached hydrogens (primary N) is 1. The van der Waals surface area contributed by atoms with Gasteiger partial charge in [-0.25, -0.2) is 4.98 Å². The van der Waals surface area contributed by atoms with Crippen molar-refractivity contribution >= 4 is 5.82 Å². The number of aromatic nitrogens is 3. The summed E-state index contributed by atoms with van der Waals surface area (Å²) in [6.45, 7) is 2.85. The Kier molecular flexibility index (Phi) is 3.21. The van der Waals surface area contributed by atoms with Crippen LogP contribution in [0.3, 0.4) is 0 Å². The van der Waals surface area contributed by atoms with Crippen molar-refractivity contribution in [1.82, 2.24) is 14.5 Å². The molecular formula is C16H16N4. The fourth-order valence-corrected chi connectivity index (χ4v) is 2.31. The first-order chi connectivity index (χ1) is 9.81. The highest BCUT2D eigenvalue weighted by atomic mass is 15.1. The lowest BCUT2D eigenvalue weighted by Crippen LogP contribution is -2.02. The number of pyridine rings is 1. The number of nitrogens with zero attached hydrogens (tertiary/aromatic N) is 3. The molecule has 0 radical (unpaired) electrons. The zero-order chi connectivity index (χ0) is 13.9. The summed E-state index contributed by atoms with van der Waals surface area (Å²) >= 11 is 0. The van der Waals surface area contributed by atoms with Gasteiger partial charge in [-0.15, -0.1) is 0 Å². The molecule has 0 atom stereocenters. The standard InChI is InChI=1S/C16H16N4/c1-2-20-15(17)14(13-9-6-10-18-11-13)19-16(20)12-7-4-3-5-8-12/h3-11H,2,17H2,1H3. The van der Waals surface area contributed by atoms with E-state index < -0.39 is 0 Å². The predicted octanol–water partition coefficient (Wildman–Crippen LogP) is 3.21. The van der Waals surface area contributed by atoms with Crippen LogP contribution in [0.15, 0.2) is 54.9 Å². The molecule has 1 aromatic carbocycles. The maximum absolute atomic E-state index is 6.26. The average molecular weight is 264 g/mol. The smallest absolute Gasteiger partial charge is 0.142 e. The SMILES string of the molecule is CCn1c(-c2ccccc2)nc(-c2cccnc2)c1N. The third kappa shape index (κ3) is 2.05. The molecule has 0 amide bonds. The van der Waals surface area contributed by atoms with Crippen LogP contribution < -0.4 is 5.73 Å². The lowest BCUT2D eigenvalue weighted by atomic mass is 10.2. The van der Waals surface area contributed by atoms with Gasteiger partial charge in [0.05, 0.1) is 0 Å². The van der Waals surface area contributed by atoms with E-state index in [4.69, 9.17) is 10.7 Å². The molecule has 0 spiro atoms. The fraction of sp³-hybridized carbons (Fsp3) is 0.125. The minimum absolute atomic E-state index is 0.680. The van der Waals surface area contributed by atoms with Crippen LogP contribution in [-0.2, 0) is 6.54 Å². The normalized spacial score (nSPS) is 10.7. The van der Waals surface area contributed by atoms with Crippen molar-refractivity contribution in [3.05, 3.63) is 54.9 Å². The van der Waals surface area contributed by atoms with Crippen LogP contribution in [0, 0.1) is 0 Å². The molecule has 0 aliphatic carbocycles. The number of rotatable bonds is 3. The lowest BCUT2D eigenvalue weighted by Gasteiger charge is -2.06. The molecule has 0 aliphatic heterocycles. The van der Waals surface area contributed by atoms with Gasteiger partial charge in [-0.1, -0.05) is 30.3 Å². The molecule has 0 saturated carbocycles. The second-order valence-electron chi connectivity index (χ2n) is 4.52. The minimum Gasteiger partial charge on any atom is -0.383 e. The Morgan fingerprint density at radius 1 is 1.05 bits per heavy atom. The Morgan fingerprint density at radius 2 is 1.80 bits per heavy atom. The van der Waals surface area contributed by atoms with Crippen molar-refractivity contribution in [2.45, 2.75) is 13.5 Å². The molecule has 20 heavy (non-hydrogen) atoms. The molecule has 0 aliphatic rings. The molecule has 2 aromatic heterocycles. The quantitative estimate of drug-likeness (QED) is 0.790. The zero-order valence-corrected chi connectivity index (χ0v) is 11.3. The van der Waals surface area contributed by atoms with E-state index in [1.165, 1.54) is 0 Å². The maximum Gasteiger partial charge on any atom is 0.142 e. The topological polar surface area (TPSA) is 56.7 Å². The van der Waals surface area contributed by atoms with Crippen LogP contribution in [0.5, 0.6) is 0 Å². The molecule has 2 heterocycles. The first-order valence-corrected chi connectivity index (χ1v) is 6.63. The molecule has 0 unspecified atom stereocenters. The summed E-state index contributed by atoms with van der Waals surface area (Å²) in [6, 6.07) is 14.0. The maximum atomic E-state index is 6.26. The van der Waals surface area contributed by atoms with Crippen LogP contribution in [-0.4, -0.2) is 14.5 Å². The van der Waals surface area contributed by atoms with Gasteiger partial charge in [0.1, 0.15) is 17.3 Å². The first-order valence-electron chi connectivity index (χ1n) is 6.63. The van der Waals surface area contributed by atoms with E-state index in [0.29, 0.717) is 5.82 Å². The lowest BCUT2D eigenvalue weighted by molar-refractivity contribution is 0.781. The summed E-state index contributed by atoms with van der Waals surface area (Å²) in [5.41, 5.74) is 9.05. The van der Waals surface area contributed by atoms with Gasteiger partial charge < -0.3 is 10.3 Å². The largest absolute Gasteiger partial charge is 0.383 e. The summed E-state index contributed by atoms with van der Waals surface area (Å²) < 4.78 is 2.03. The molecule has 100 valence electrons. The Balaban J connectivity index is 2.18. The number of benzene rings is 1. The Hall–Kier alpha value is -2.62. The van der Waals surface area contributed by atoms with Crippen LogP contribution >= 0.6 is 0 Å². The molecule has 0 saturated heterocycles. The Morgan fingerprint density at radius 3 is 2.45 bits per heavy atom. The van der Waals surface area contributed by atoms with Crippen molar-refractivity contribution in [2.24, 2.45) is 0 Å². The number of hydrogen-bond donors (Lipinski definition) is 1. The summed E-state index contributed by atoms with van der Waals surface area (Å²) in [7, 11) is 0. The molecule has 0 bridgehead atoms. The fourth-order valence-electron chi connectivity index (χ4n) is 2.31. The third-order valence-electron chi connectivity index (χ3n) is 3.29. The molecular weight excluding hydrogens is 248 g/mol. The van der Waals surface area contributed by atoms with Gasteiger partial charge >= 0.3 is 0 Å². The summed E-state index contributed by atoms with van der Waals surface area (Å²) in [5.74, 6) is 1.57. The molecule has 0 fully saturated rings. The minimum atomic E-state index is 0.680. The Bertz CT molecular complexity index is 702. The second-order valence-corrected chi connectivity index (χ2v) is 4.52. The van der Waals surface area contributed by atoms with E-state index in [2.05, 4.69) is 11.9 Å². The Labute approximate surface area is 117 Å². The van der Waals surface area contributed by atoms with Gasteiger partial charge in [0, 0.05) is 30.1 Å². The highest BCUT2D eigenvalue weighted by Crippen LogP contribution is 2.30. The molecule has 2 N–H and O–H groups in total. The van der Waals surface area contributed by atoms with Crippen molar-refractivity contribution in [1.29, 1.82) is 0 Å². The number of nitrogen functional groups attached to an aromatic ring is 1. The van der Waals surface area contributed by atoms with Crippen LogP contribution in [0.2, 0.25) is 0 Å². The molecule has 4 nitrogen and oxygen atoms in total. The van der Waals surface area contributed by atoms with Gasteiger partial charge in [-0.2, -0.15) is 0 Å². The highest BCUT2D eigenvalue weighted by Gasteiger charge is 2.16. The second kappa shape index (κ2) is 5.17. The van der Waals surface area contributed by atoms with E-state index >= 15 is 0 Å². The average Bonchev–Trinajstić information content (AvgIpc) is 2.86. The van der Waals surface area contributed by atoms with Crippen molar-refractivity contribution in [2.75, 3.05) is 5.73 Å². The summed E-state index contributed by atoms with van der Waals surface area (Å²) in [4.78, 5) is 8.85. The number of anilines is 1. The number of hydrogen-bond acceptors (Lipinski definition) is 3.